The highest BCUT2D eigenvalue weighted by molar-refractivity contribution is 6.08. The van der Waals surface area contributed by atoms with Crippen LogP contribution in [-0.4, -0.2) is 51.2 Å². The number of likely N-dealkylation sites (tertiary alicyclic amines) is 1. The van der Waals surface area contributed by atoms with Crippen LogP contribution in [0.15, 0.2) is 61.2 Å². The molecule has 0 N–H and O–H groups in total. The number of ether oxygens (including phenoxy) is 1. The first kappa shape index (κ1) is 19.3. The van der Waals surface area contributed by atoms with Crippen molar-refractivity contribution >= 4 is 5.78 Å². The highest BCUT2D eigenvalue weighted by atomic mass is 16.5. The lowest BCUT2D eigenvalue weighted by Crippen LogP contribution is -2.28. The van der Waals surface area contributed by atoms with Crippen LogP contribution in [0.1, 0.15) is 42.1 Å². The van der Waals surface area contributed by atoms with Gasteiger partial charge in [-0.25, -0.2) is 4.68 Å². The Morgan fingerprint density at radius 1 is 1.14 bits per heavy atom. The van der Waals surface area contributed by atoms with Crippen molar-refractivity contribution in [3.05, 3.63) is 72.3 Å². The monoisotopic (exact) mass is 390 g/mol. The summed E-state index contributed by atoms with van der Waals surface area (Å²) in [6, 6.07) is 11.9. The van der Waals surface area contributed by atoms with E-state index in [1.807, 2.05) is 24.3 Å². The molecule has 1 aliphatic heterocycles. The van der Waals surface area contributed by atoms with E-state index in [1.54, 1.807) is 41.6 Å². The number of nitrogens with zero attached hydrogens (tertiary/aromatic N) is 4. The molecule has 1 aliphatic rings. The third-order valence-electron chi connectivity index (χ3n) is 5.44. The summed E-state index contributed by atoms with van der Waals surface area (Å²) >= 11 is 0. The second kappa shape index (κ2) is 9.01. The van der Waals surface area contributed by atoms with E-state index in [4.69, 9.17) is 4.74 Å². The summed E-state index contributed by atoms with van der Waals surface area (Å²) in [6.45, 7) is 5.33. The first-order valence-electron chi connectivity index (χ1n) is 10.2. The highest BCUT2D eigenvalue weighted by Gasteiger charge is 2.19. The van der Waals surface area contributed by atoms with Gasteiger partial charge in [0.15, 0.2) is 5.78 Å². The maximum absolute atomic E-state index is 12.5. The Kier molecular flexibility index (Phi) is 6.00. The van der Waals surface area contributed by atoms with Gasteiger partial charge in [-0.15, -0.1) is 0 Å². The Morgan fingerprint density at radius 2 is 1.93 bits per heavy atom. The summed E-state index contributed by atoms with van der Waals surface area (Å²) < 4.78 is 7.58. The van der Waals surface area contributed by atoms with Crippen molar-refractivity contribution in [2.45, 2.75) is 32.2 Å². The largest absolute Gasteiger partial charge is 0.494 e. The maximum atomic E-state index is 12.5. The fourth-order valence-electron chi connectivity index (χ4n) is 3.73. The SMILES string of the molecule is C[C@@H]1CCCN1CCCOc1ccc(-n2cc(C(=O)c3ccncc3)cn2)cc1. The lowest BCUT2D eigenvalue weighted by molar-refractivity contribution is 0.103. The summed E-state index contributed by atoms with van der Waals surface area (Å²) in [5, 5.41) is 4.32. The quantitative estimate of drug-likeness (QED) is 0.433. The van der Waals surface area contributed by atoms with Gasteiger partial charge < -0.3 is 9.64 Å². The number of aromatic nitrogens is 3. The molecule has 0 bridgehead atoms. The number of benzene rings is 1. The van der Waals surface area contributed by atoms with E-state index in [9.17, 15) is 4.79 Å². The van der Waals surface area contributed by atoms with Crippen LogP contribution < -0.4 is 4.74 Å². The van der Waals surface area contributed by atoms with Crippen LogP contribution in [0.4, 0.5) is 0 Å². The predicted octanol–water partition coefficient (Wildman–Crippen LogP) is 3.75. The molecule has 0 unspecified atom stereocenters. The van der Waals surface area contributed by atoms with Crippen molar-refractivity contribution in [3.63, 3.8) is 0 Å². The second-order valence-corrected chi connectivity index (χ2v) is 7.46. The van der Waals surface area contributed by atoms with Gasteiger partial charge in [0, 0.05) is 36.7 Å². The van der Waals surface area contributed by atoms with Crippen LogP contribution in [0.2, 0.25) is 0 Å². The van der Waals surface area contributed by atoms with Crippen molar-refractivity contribution in [1.82, 2.24) is 19.7 Å². The molecule has 6 heteroatoms. The Morgan fingerprint density at radius 3 is 2.66 bits per heavy atom. The van der Waals surface area contributed by atoms with Crippen LogP contribution in [0.3, 0.4) is 0 Å². The minimum absolute atomic E-state index is 0.0640. The number of ketones is 1. The van der Waals surface area contributed by atoms with Crippen molar-refractivity contribution in [2.24, 2.45) is 0 Å². The number of pyridine rings is 1. The van der Waals surface area contributed by atoms with Gasteiger partial charge in [0.2, 0.25) is 0 Å². The molecular weight excluding hydrogens is 364 g/mol. The number of carbonyl (C=O) groups excluding carboxylic acids is 1. The van der Waals surface area contributed by atoms with E-state index in [2.05, 4.69) is 21.9 Å². The van der Waals surface area contributed by atoms with E-state index >= 15 is 0 Å². The zero-order chi connectivity index (χ0) is 20.1. The van der Waals surface area contributed by atoms with Crippen molar-refractivity contribution in [1.29, 1.82) is 0 Å². The molecular formula is C23H26N4O2. The molecule has 0 radical (unpaired) electrons. The van der Waals surface area contributed by atoms with E-state index in [0.29, 0.717) is 17.2 Å². The maximum Gasteiger partial charge on any atom is 0.196 e. The number of carbonyl (C=O) groups is 1. The summed E-state index contributed by atoms with van der Waals surface area (Å²) in [4.78, 5) is 19.0. The third-order valence-corrected chi connectivity index (χ3v) is 5.44. The molecule has 2 aromatic heterocycles. The molecule has 0 amide bonds. The van der Waals surface area contributed by atoms with Gasteiger partial charge in [-0.1, -0.05) is 0 Å². The first-order chi connectivity index (χ1) is 14.2. The molecule has 3 heterocycles. The molecule has 3 aromatic rings. The molecule has 29 heavy (non-hydrogen) atoms. The zero-order valence-electron chi connectivity index (χ0n) is 16.7. The summed E-state index contributed by atoms with van der Waals surface area (Å²) in [5.41, 5.74) is 2.04. The number of hydrogen-bond donors (Lipinski definition) is 0. The lowest BCUT2D eigenvalue weighted by Gasteiger charge is -2.20. The number of rotatable bonds is 8. The zero-order valence-corrected chi connectivity index (χ0v) is 16.7. The van der Waals surface area contributed by atoms with Crippen LogP contribution >= 0.6 is 0 Å². The Labute approximate surface area is 171 Å². The second-order valence-electron chi connectivity index (χ2n) is 7.46. The predicted molar refractivity (Wildman–Crippen MR) is 112 cm³/mol. The van der Waals surface area contributed by atoms with Crippen molar-refractivity contribution in [2.75, 3.05) is 19.7 Å². The van der Waals surface area contributed by atoms with Gasteiger partial charge in [0.25, 0.3) is 0 Å². The molecule has 1 saturated heterocycles. The van der Waals surface area contributed by atoms with Crippen LogP contribution in [0.25, 0.3) is 5.69 Å². The van der Waals surface area contributed by atoms with Gasteiger partial charge in [-0.3, -0.25) is 9.78 Å². The average Bonchev–Trinajstić information content (AvgIpc) is 3.41. The van der Waals surface area contributed by atoms with Crippen LogP contribution in [0, 0.1) is 0 Å². The van der Waals surface area contributed by atoms with Gasteiger partial charge in [-0.05, 0) is 69.1 Å². The Balaban J connectivity index is 1.31. The van der Waals surface area contributed by atoms with Gasteiger partial charge in [0.05, 0.1) is 24.1 Å². The summed E-state index contributed by atoms with van der Waals surface area (Å²) in [7, 11) is 0. The van der Waals surface area contributed by atoms with Crippen LogP contribution in [-0.2, 0) is 0 Å². The fourth-order valence-corrected chi connectivity index (χ4v) is 3.73. The standard InChI is InChI=1S/C23H26N4O2/c1-18-4-2-13-26(18)14-3-15-29-22-7-5-21(6-8-22)27-17-20(16-25-27)23(28)19-9-11-24-12-10-19/h5-12,16-18H,2-4,13-15H2,1H3/t18-/m1/s1. The van der Waals surface area contributed by atoms with Gasteiger partial charge in [-0.2, -0.15) is 5.10 Å². The van der Waals surface area contributed by atoms with Crippen molar-refractivity contribution < 1.29 is 9.53 Å². The highest BCUT2D eigenvalue weighted by Crippen LogP contribution is 2.18. The Bertz CT molecular complexity index is 937. The molecule has 1 fully saturated rings. The third kappa shape index (κ3) is 4.71. The molecule has 4 rings (SSSR count). The average molecular weight is 390 g/mol. The molecule has 0 spiro atoms. The molecule has 1 aromatic carbocycles. The van der Waals surface area contributed by atoms with Crippen LogP contribution in [0.5, 0.6) is 5.75 Å². The van der Waals surface area contributed by atoms with E-state index in [-0.39, 0.29) is 5.78 Å². The van der Waals surface area contributed by atoms with E-state index in [0.717, 1.165) is 31.0 Å². The topological polar surface area (TPSA) is 60.2 Å². The van der Waals surface area contributed by atoms with Crippen molar-refractivity contribution in [3.8, 4) is 11.4 Å². The van der Waals surface area contributed by atoms with E-state index < -0.39 is 0 Å². The van der Waals surface area contributed by atoms with Gasteiger partial charge >= 0.3 is 0 Å². The fraction of sp³-hybridized carbons (Fsp3) is 0.348. The molecule has 6 nitrogen and oxygen atoms in total. The number of hydrogen-bond acceptors (Lipinski definition) is 5. The van der Waals surface area contributed by atoms with E-state index in [1.165, 1.54) is 19.4 Å². The first-order valence-corrected chi connectivity index (χ1v) is 10.2. The smallest absolute Gasteiger partial charge is 0.196 e. The lowest BCUT2D eigenvalue weighted by atomic mass is 10.1. The molecule has 0 saturated carbocycles. The summed E-state index contributed by atoms with van der Waals surface area (Å²) in [6.07, 6.45) is 10.2. The summed E-state index contributed by atoms with van der Waals surface area (Å²) in [5.74, 6) is 0.786. The minimum atomic E-state index is -0.0640. The minimum Gasteiger partial charge on any atom is -0.494 e. The molecule has 0 aliphatic carbocycles. The molecule has 150 valence electrons. The molecule has 1 atom stereocenters. The Hall–Kier alpha value is -2.99. The normalized spacial score (nSPS) is 16.8. The van der Waals surface area contributed by atoms with Gasteiger partial charge in [0.1, 0.15) is 5.75 Å².